The number of anilines is 1. The number of methoxy groups -OCH3 is 2. The van der Waals surface area contributed by atoms with E-state index in [9.17, 15) is 4.79 Å². The van der Waals surface area contributed by atoms with E-state index in [0.717, 1.165) is 30.5 Å². The second-order valence-electron chi connectivity index (χ2n) is 8.26. The fraction of sp³-hybridized carbons (Fsp3) is 0.400. The van der Waals surface area contributed by atoms with E-state index in [1.807, 2.05) is 47.4 Å². The number of para-hydroxylation sites is 1. The molecule has 1 amide bonds. The van der Waals surface area contributed by atoms with Crippen molar-refractivity contribution in [3.63, 3.8) is 0 Å². The molecule has 0 radical (unpaired) electrons. The first kappa shape index (κ1) is 22.9. The standard InChI is InChI=1S/C25H29ClN2O3S/c1-16-9-7-8-12-20(16)28-24(29)23(32-25(28)27-18-10-5-4-6-11-18)14-17-13-21(30-2)22(31-3)15-19(17)26/h4-6,10-11,13-16,20,25,27H,7-9,12H2,1-3H3/b23-14-/t16-,20-,25?/m1/s1. The van der Waals surface area contributed by atoms with E-state index in [4.69, 9.17) is 21.1 Å². The number of carbonyl (C=O) groups is 1. The number of nitrogens with one attached hydrogen (secondary N) is 1. The van der Waals surface area contributed by atoms with Crippen molar-refractivity contribution in [3.05, 3.63) is 58.0 Å². The van der Waals surface area contributed by atoms with Crippen molar-refractivity contribution in [1.29, 1.82) is 0 Å². The molecule has 1 unspecified atom stereocenters. The summed E-state index contributed by atoms with van der Waals surface area (Å²) in [5.74, 6) is 1.66. The molecule has 2 aromatic rings. The Morgan fingerprint density at radius 1 is 1.09 bits per heavy atom. The van der Waals surface area contributed by atoms with E-state index < -0.39 is 0 Å². The van der Waals surface area contributed by atoms with E-state index in [1.54, 1.807) is 32.0 Å². The lowest BCUT2D eigenvalue weighted by molar-refractivity contribution is -0.129. The summed E-state index contributed by atoms with van der Waals surface area (Å²) < 4.78 is 10.8. The van der Waals surface area contributed by atoms with Gasteiger partial charge >= 0.3 is 0 Å². The number of hydrogen-bond acceptors (Lipinski definition) is 5. The fourth-order valence-corrected chi connectivity index (χ4v) is 5.90. The highest BCUT2D eigenvalue weighted by Crippen LogP contribution is 2.43. The number of amides is 1. The molecule has 7 heteroatoms. The van der Waals surface area contributed by atoms with E-state index in [2.05, 4.69) is 12.2 Å². The zero-order valence-electron chi connectivity index (χ0n) is 18.6. The van der Waals surface area contributed by atoms with Crippen LogP contribution in [0.15, 0.2) is 47.4 Å². The third-order valence-electron chi connectivity index (χ3n) is 6.21. The van der Waals surface area contributed by atoms with Gasteiger partial charge in [0, 0.05) is 17.8 Å². The molecule has 2 aliphatic rings. The molecule has 1 N–H and O–H groups in total. The lowest BCUT2D eigenvalue weighted by Gasteiger charge is -2.39. The minimum atomic E-state index is -0.166. The molecule has 4 rings (SSSR count). The van der Waals surface area contributed by atoms with E-state index in [-0.39, 0.29) is 17.4 Å². The van der Waals surface area contributed by atoms with Crippen LogP contribution < -0.4 is 14.8 Å². The summed E-state index contributed by atoms with van der Waals surface area (Å²) in [6, 6.07) is 13.8. The first-order valence-electron chi connectivity index (χ1n) is 11.0. The lowest BCUT2D eigenvalue weighted by Crippen LogP contribution is -2.48. The predicted octanol–water partition coefficient (Wildman–Crippen LogP) is 6.25. The van der Waals surface area contributed by atoms with Crippen LogP contribution in [-0.4, -0.2) is 36.6 Å². The highest BCUT2D eigenvalue weighted by molar-refractivity contribution is 8.05. The maximum atomic E-state index is 13.6. The summed E-state index contributed by atoms with van der Waals surface area (Å²) >= 11 is 8.05. The van der Waals surface area contributed by atoms with Gasteiger partial charge in [0.25, 0.3) is 5.91 Å². The maximum absolute atomic E-state index is 13.6. The van der Waals surface area contributed by atoms with Gasteiger partial charge in [0.05, 0.1) is 24.1 Å². The van der Waals surface area contributed by atoms with Gasteiger partial charge in [-0.05, 0) is 48.6 Å². The van der Waals surface area contributed by atoms with Gasteiger partial charge in [-0.2, -0.15) is 0 Å². The second kappa shape index (κ2) is 10.1. The van der Waals surface area contributed by atoms with Crippen molar-refractivity contribution in [1.82, 2.24) is 4.90 Å². The second-order valence-corrected chi connectivity index (χ2v) is 9.79. The number of hydrogen-bond donors (Lipinski definition) is 1. The van der Waals surface area contributed by atoms with Gasteiger partial charge in [-0.3, -0.25) is 4.79 Å². The van der Waals surface area contributed by atoms with Gasteiger partial charge in [-0.1, -0.05) is 61.3 Å². The average Bonchev–Trinajstić information content (AvgIpc) is 3.10. The molecule has 32 heavy (non-hydrogen) atoms. The maximum Gasteiger partial charge on any atom is 0.262 e. The molecule has 1 aliphatic carbocycles. The smallest absolute Gasteiger partial charge is 0.262 e. The number of rotatable bonds is 6. The molecule has 0 spiro atoms. The van der Waals surface area contributed by atoms with Crippen molar-refractivity contribution in [2.24, 2.45) is 5.92 Å². The zero-order chi connectivity index (χ0) is 22.7. The number of nitrogens with zero attached hydrogens (tertiary/aromatic N) is 1. The molecule has 1 heterocycles. The number of halogens is 1. The largest absolute Gasteiger partial charge is 0.493 e. The summed E-state index contributed by atoms with van der Waals surface area (Å²) in [4.78, 5) is 16.4. The van der Waals surface area contributed by atoms with Crippen molar-refractivity contribution < 1.29 is 14.3 Å². The minimum Gasteiger partial charge on any atom is -0.493 e. The highest BCUT2D eigenvalue weighted by Gasteiger charge is 2.43. The van der Waals surface area contributed by atoms with Gasteiger partial charge in [-0.25, -0.2) is 0 Å². The molecular formula is C25H29ClN2O3S. The first-order chi connectivity index (χ1) is 15.5. The van der Waals surface area contributed by atoms with Gasteiger partial charge in [0.15, 0.2) is 17.0 Å². The molecule has 2 fully saturated rings. The number of benzene rings is 2. The minimum absolute atomic E-state index is 0.0491. The molecular weight excluding hydrogens is 444 g/mol. The molecule has 0 aromatic heterocycles. The van der Waals surface area contributed by atoms with Crippen LogP contribution in [0.3, 0.4) is 0 Å². The Kier molecular flexibility index (Phi) is 7.21. The van der Waals surface area contributed by atoms with Crippen molar-refractivity contribution >= 4 is 41.0 Å². The van der Waals surface area contributed by atoms with Crippen molar-refractivity contribution in [2.75, 3.05) is 19.5 Å². The van der Waals surface area contributed by atoms with Gasteiger partial charge in [0.1, 0.15) is 0 Å². The molecule has 5 nitrogen and oxygen atoms in total. The van der Waals surface area contributed by atoms with Crippen LogP contribution in [0, 0.1) is 5.92 Å². The monoisotopic (exact) mass is 472 g/mol. The Morgan fingerprint density at radius 2 is 1.78 bits per heavy atom. The van der Waals surface area contributed by atoms with Crippen LogP contribution in [0.5, 0.6) is 11.5 Å². The van der Waals surface area contributed by atoms with Crippen LogP contribution in [0.25, 0.3) is 6.08 Å². The zero-order valence-corrected chi connectivity index (χ0v) is 20.2. The summed E-state index contributed by atoms with van der Waals surface area (Å²) in [5.41, 5.74) is 1.56. The van der Waals surface area contributed by atoms with E-state index >= 15 is 0 Å². The molecule has 170 valence electrons. The topological polar surface area (TPSA) is 50.8 Å². The molecule has 2 aromatic carbocycles. The number of carbonyl (C=O) groups excluding carboxylic acids is 1. The summed E-state index contributed by atoms with van der Waals surface area (Å²) in [6.45, 7) is 2.26. The van der Waals surface area contributed by atoms with Gasteiger partial charge < -0.3 is 19.7 Å². The van der Waals surface area contributed by atoms with Crippen LogP contribution in [0.4, 0.5) is 5.69 Å². The summed E-state index contributed by atoms with van der Waals surface area (Å²) in [6.07, 6.45) is 6.43. The molecule has 3 atom stereocenters. The third-order valence-corrected chi connectivity index (χ3v) is 7.66. The Labute approximate surface area is 199 Å². The fourth-order valence-electron chi connectivity index (χ4n) is 4.49. The predicted molar refractivity (Wildman–Crippen MR) is 132 cm³/mol. The third kappa shape index (κ3) is 4.71. The average molecular weight is 473 g/mol. The highest BCUT2D eigenvalue weighted by atomic mass is 35.5. The first-order valence-corrected chi connectivity index (χ1v) is 12.2. The Bertz CT molecular complexity index is 998. The number of thioether (sulfide) groups is 1. The van der Waals surface area contributed by atoms with Crippen LogP contribution in [0.1, 0.15) is 38.2 Å². The van der Waals surface area contributed by atoms with E-state index in [0.29, 0.717) is 27.3 Å². The van der Waals surface area contributed by atoms with Crippen LogP contribution >= 0.6 is 23.4 Å². The molecule has 0 bridgehead atoms. The summed E-state index contributed by atoms with van der Waals surface area (Å²) in [5, 5.41) is 4.07. The summed E-state index contributed by atoms with van der Waals surface area (Å²) in [7, 11) is 3.16. The SMILES string of the molecule is COc1cc(Cl)c(/C=C2\SC(Nc3ccccc3)N([C@@H]3CCCC[C@H]3C)C2=O)cc1OC. The lowest BCUT2D eigenvalue weighted by atomic mass is 9.85. The van der Waals surface area contributed by atoms with E-state index in [1.165, 1.54) is 6.42 Å². The molecule has 1 aliphatic heterocycles. The normalized spacial score (nSPS) is 24.6. The van der Waals surface area contributed by atoms with Crippen molar-refractivity contribution in [3.8, 4) is 11.5 Å². The van der Waals surface area contributed by atoms with Gasteiger partial charge in [-0.15, -0.1) is 0 Å². The Morgan fingerprint density at radius 3 is 2.47 bits per heavy atom. The molecule has 1 saturated heterocycles. The van der Waals surface area contributed by atoms with Crippen LogP contribution in [-0.2, 0) is 4.79 Å². The Hall–Kier alpha value is -2.31. The van der Waals surface area contributed by atoms with Crippen LogP contribution in [0.2, 0.25) is 5.02 Å². The van der Waals surface area contributed by atoms with Crippen molar-refractivity contribution in [2.45, 2.75) is 44.1 Å². The quantitative estimate of drug-likeness (QED) is 0.503. The Balaban J connectivity index is 1.68. The van der Waals surface area contributed by atoms with Gasteiger partial charge in [0.2, 0.25) is 0 Å². The molecule has 1 saturated carbocycles. The number of ether oxygens (including phenoxy) is 2.